The maximum atomic E-state index is 5.38. The fourth-order valence-electron chi connectivity index (χ4n) is 1.36. The Labute approximate surface area is 102 Å². The molecule has 1 rings (SSSR count). The van der Waals surface area contributed by atoms with E-state index in [4.69, 9.17) is 10.6 Å². The minimum atomic E-state index is 0.426. The molecule has 96 valence electrons. The molecule has 1 heterocycles. The second-order valence-corrected chi connectivity index (χ2v) is 3.76. The Morgan fingerprint density at radius 3 is 2.88 bits per heavy atom. The van der Waals surface area contributed by atoms with Crippen LogP contribution in [0.25, 0.3) is 0 Å². The van der Waals surface area contributed by atoms with E-state index in [1.807, 2.05) is 13.0 Å². The Morgan fingerprint density at radius 1 is 1.35 bits per heavy atom. The van der Waals surface area contributed by atoms with Gasteiger partial charge in [0.25, 0.3) is 0 Å². The van der Waals surface area contributed by atoms with E-state index in [1.165, 1.54) is 0 Å². The first kappa shape index (κ1) is 13.7. The van der Waals surface area contributed by atoms with Crippen molar-refractivity contribution in [1.82, 2.24) is 9.97 Å². The number of ether oxygens (including phenoxy) is 1. The molecular weight excluding hydrogens is 218 g/mol. The van der Waals surface area contributed by atoms with Crippen LogP contribution in [0.15, 0.2) is 6.07 Å². The van der Waals surface area contributed by atoms with Crippen LogP contribution in [0.1, 0.15) is 25.5 Å². The highest BCUT2D eigenvalue weighted by molar-refractivity contribution is 5.41. The summed E-state index contributed by atoms with van der Waals surface area (Å²) in [4.78, 5) is 8.30. The van der Waals surface area contributed by atoms with Crippen LogP contribution in [-0.2, 0) is 4.74 Å². The van der Waals surface area contributed by atoms with Gasteiger partial charge in [-0.3, -0.25) is 5.43 Å². The van der Waals surface area contributed by atoms with Gasteiger partial charge < -0.3 is 10.1 Å². The number of nitrogen functional groups attached to an aromatic ring is 1. The molecule has 0 saturated heterocycles. The molecule has 6 heteroatoms. The van der Waals surface area contributed by atoms with Gasteiger partial charge in [0, 0.05) is 31.5 Å². The smallest absolute Gasteiger partial charge is 0.239 e. The van der Waals surface area contributed by atoms with Crippen LogP contribution in [0.2, 0.25) is 0 Å². The van der Waals surface area contributed by atoms with Gasteiger partial charge in [-0.05, 0) is 19.8 Å². The number of rotatable bonds is 8. The maximum Gasteiger partial charge on any atom is 0.239 e. The molecule has 1 aromatic rings. The molecule has 0 amide bonds. The quantitative estimate of drug-likeness (QED) is 0.360. The minimum absolute atomic E-state index is 0.426. The molecule has 0 aliphatic rings. The summed E-state index contributed by atoms with van der Waals surface area (Å²) in [6, 6.07) is 1.88. The predicted molar refractivity (Wildman–Crippen MR) is 68.8 cm³/mol. The highest BCUT2D eigenvalue weighted by atomic mass is 16.5. The molecule has 0 unspecified atom stereocenters. The van der Waals surface area contributed by atoms with E-state index in [1.54, 1.807) is 0 Å². The second kappa shape index (κ2) is 7.81. The highest BCUT2D eigenvalue weighted by Crippen LogP contribution is 2.08. The normalized spacial score (nSPS) is 10.3. The number of hydrogen-bond donors (Lipinski definition) is 3. The summed E-state index contributed by atoms with van der Waals surface area (Å²) in [7, 11) is 0. The van der Waals surface area contributed by atoms with Crippen LogP contribution >= 0.6 is 0 Å². The van der Waals surface area contributed by atoms with Crippen molar-refractivity contribution < 1.29 is 4.74 Å². The number of nitrogens with two attached hydrogens (primary N) is 1. The van der Waals surface area contributed by atoms with Crippen LogP contribution in [0.5, 0.6) is 0 Å². The second-order valence-electron chi connectivity index (χ2n) is 3.76. The van der Waals surface area contributed by atoms with Crippen molar-refractivity contribution in [2.45, 2.75) is 26.7 Å². The van der Waals surface area contributed by atoms with Crippen molar-refractivity contribution in [2.75, 3.05) is 30.5 Å². The number of nitrogens with zero attached hydrogens (tertiary/aromatic N) is 2. The van der Waals surface area contributed by atoms with Crippen molar-refractivity contribution in [3.05, 3.63) is 11.8 Å². The molecule has 0 spiro atoms. The average Bonchev–Trinajstić information content (AvgIpc) is 2.33. The third-order valence-electron chi connectivity index (χ3n) is 2.10. The van der Waals surface area contributed by atoms with E-state index < -0.39 is 0 Å². The number of aryl methyl sites for hydroxylation is 1. The van der Waals surface area contributed by atoms with E-state index in [0.29, 0.717) is 5.95 Å². The molecule has 0 aliphatic heterocycles. The number of nitrogens with one attached hydrogen (secondary N) is 2. The molecule has 17 heavy (non-hydrogen) atoms. The van der Waals surface area contributed by atoms with E-state index >= 15 is 0 Å². The SMILES string of the molecule is CCCOCCCNc1cc(C)nc(NN)n1. The molecule has 0 atom stereocenters. The Bertz CT molecular complexity index is 332. The van der Waals surface area contributed by atoms with Crippen LogP contribution in [0, 0.1) is 6.92 Å². The lowest BCUT2D eigenvalue weighted by atomic mass is 10.4. The zero-order valence-corrected chi connectivity index (χ0v) is 10.5. The topological polar surface area (TPSA) is 85.1 Å². The molecule has 4 N–H and O–H groups in total. The van der Waals surface area contributed by atoms with Gasteiger partial charge in [0.2, 0.25) is 5.95 Å². The average molecular weight is 239 g/mol. The van der Waals surface area contributed by atoms with Gasteiger partial charge in [-0.15, -0.1) is 0 Å². The van der Waals surface area contributed by atoms with Crippen molar-refractivity contribution >= 4 is 11.8 Å². The number of anilines is 2. The van der Waals surface area contributed by atoms with Gasteiger partial charge in [0.15, 0.2) is 0 Å². The summed E-state index contributed by atoms with van der Waals surface area (Å²) in [5.74, 6) is 6.48. The first-order chi connectivity index (χ1) is 8.26. The maximum absolute atomic E-state index is 5.38. The summed E-state index contributed by atoms with van der Waals surface area (Å²) in [6.07, 6.45) is 2.01. The van der Waals surface area contributed by atoms with Crippen LogP contribution in [0.3, 0.4) is 0 Å². The van der Waals surface area contributed by atoms with Gasteiger partial charge in [-0.2, -0.15) is 4.98 Å². The third-order valence-corrected chi connectivity index (χ3v) is 2.10. The number of hydrazine groups is 1. The molecule has 0 bridgehead atoms. The predicted octanol–water partition coefficient (Wildman–Crippen LogP) is 1.30. The number of hydrogen-bond acceptors (Lipinski definition) is 6. The lowest BCUT2D eigenvalue weighted by molar-refractivity contribution is 0.134. The Kier molecular flexibility index (Phi) is 6.27. The Hall–Kier alpha value is -1.40. The van der Waals surface area contributed by atoms with Gasteiger partial charge in [-0.25, -0.2) is 10.8 Å². The molecule has 0 fully saturated rings. The molecule has 0 aliphatic carbocycles. The van der Waals surface area contributed by atoms with Gasteiger partial charge in [-0.1, -0.05) is 6.92 Å². The molecule has 0 radical (unpaired) electrons. The summed E-state index contributed by atoms with van der Waals surface area (Å²) in [5.41, 5.74) is 3.31. The summed E-state index contributed by atoms with van der Waals surface area (Å²) < 4.78 is 5.38. The lowest BCUT2D eigenvalue weighted by Gasteiger charge is -2.08. The fraction of sp³-hybridized carbons (Fsp3) is 0.636. The van der Waals surface area contributed by atoms with Gasteiger partial charge in [0.05, 0.1) is 0 Å². The summed E-state index contributed by atoms with van der Waals surface area (Å²) in [5, 5.41) is 3.21. The van der Waals surface area contributed by atoms with Crippen molar-refractivity contribution in [2.24, 2.45) is 5.84 Å². The highest BCUT2D eigenvalue weighted by Gasteiger charge is 1.99. The molecular formula is C11H21N5O. The monoisotopic (exact) mass is 239 g/mol. The van der Waals surface area contributed by atoms with Crippen molar-refractivity contribution in [3.63, 3.8) is 0 Å². The standard InChI is InChI=1S/C11H21N5O/c1-3-6-17-7-4-5-13-10-8-9(2)14-11(15-10)16-12/h8H,3-7,12H2,1-2H3,(H2,13,14,15,16). The van der Waals surface area contributed by atoms with Crippen LogP contribution < -0.4 is 16.6 Å². The van der Waals surface area contributed by atoms with E-state index in [2.05, 4.69) is 27.6 Å². The van der Waals surface area contributed by atoms with Gasteiger partial charge in [0.1, 0.15) is 5.82 Å². The molecule has 0 aromatic carbocycles. The first-order valence-corrected chi connectivity index (χ1v) is 5.90. The number of aromatic nitrogens is 2. The molecule has 6 nitrogen and oxygen atoms in total. The summed E-state index contributed by atoms with van der Waals surface area (Å²) in [6.45, 7) is 6.42. The van der Waals surface area contributed by atoms with Crippen LogP contribution in [0.4, 0.5) is 11.8 Å². The van der Waals surface area contributed by atoms with E-state index in [0.717, 1.165) is 44.1 Å². The minimum Gasteiger partial charge on any atom is -0.381 e. The lowest BCUT2D eigenvalue weighted by Crippen LogP contribution is -2.13. The summed E-state index contributed by atoms with van der Waals surface area (Å²) >= 11 is 0. The van der Waals surface area contributed by atoms with E-state index in [-0.39, 0.29) is 0 Å². The van der Waals surface area contributed by atoms with Gasteiger partial charge >= 0.3 is 0 Å². The zero-order valence-electron chi connectivity index (χ0n) is 10.5. The largest absolute Gasteiger partial charge is 0.381 e. The van der Waals surface area contributed by atoms with E-state index in [9.17, 15) is 0 Å². The Morgan fingerprint density at radius 2 is 2.18 bits per heavy atom. The third kappa shape index (κ3) is 5.46. The first-order valence-electron chi connectivity index (χ1n) is 5.90. The molecule has 0 saturated carbocycles. The van der Waals surface area contributed by atoms with Crippen molar-refractivity contribution in [1.29, 1.82) is 0 Å². The molecule has 1 aromatic heterocycles. The van der Waals surface area contributed by atoms with Crippen LogP contribution in [-0.4, -0.2) is 29.7 Å². The Balaban J connectivity index is 2.28. The zero-order chi connectivity index (χ0) is 12.5. The van der Waals surface area contributed by atoms with Crippen molar-refractivity contribution in [3.8, 4) is 0 Å². The fourth-order valence-corrected chi connectivity index (χ4v) is 1.36.